The fraction of sp³-hybridized carbons (Fsp3) is 0.267. The van der Waals surface area contributed by atoms with Crippen molar-refractivity contribution in [2.75, 3.05) is 6.61 Å². The molecule has 42 heavy (non-hydrogen) atoms. The van der Waals surface area contributed by atoms with Crippen molar-refractivity contribution in [2.24, 2.45) is 0 Å². The lowest BCUT2D eigenvalue weighted by Gasteiger charge is -2.27. The van der Waals surface area contributed by atoms with Gasteiger partial charge < -0.3 is 25.2 Å². The van der Waals surface area contributed by atoms with Gasteiger partial charge in [0.25, 0.3) is 5.69 Å². The summed E-state index contributed by atoms with van der Waals surface area (Å²) in [5.41, 5.74) is 1.45. The number of hydrogen-bond donors (Lipinski definition) is 3. The van der Waals surface area contributed by atoms with E-state index in [1.807, 2.05) is 6.07 Å². The van der Waals surface area contributed by atoms with Crippen LogP contribution in [0.15, 0.2) is 84.9 Å². The van der Waals surface area contributed by atoms with Gasteiger partial charge in [0.15, 0.2) is 0 Å². The Morgan fingerprint density at radius 3 is 2.00 bits per heavy atom. The van der Waals surface area contributed by atoms with Gasteiger partial charge in [-0.1, -0.05) is 72.8 Å². The maximum atomic E-state index is 13.5. The van der Waals surface area contributed by atoms with Crippen LogP contribution in [-0.4, -0.2) is 52.7 Å². The molecular formula is C30H31N3O9. The van der Waals surface area contributed by atoms with E-state index in [1.54, 1.807) is 61.5 Å². The number of benzene rings is 3. The van der Waals surface area contributed by atoms with E-state index in [0.717, 1.165) is 5.56 Å². The zero-order chi connectivity index (χ0) is 30.5. The smallest absolute Gasteiger partial charge is 0.408 e. The summed E-state index contributed by atoms with van der Waals surface area (Å²) in [6.07, 6.45) is -1.31. The molecule has 3 rings (SSSR count). The number of carboxylic acid groups (broad SMARTS) is 1. The van der Waals surface area contributed by atoms with Crippen molar-refractivity contribution >= 4 is 29.6 Å². The maximum Gasteiger partial charge on any atom is 0.408 e. The van der Waals surface area contributed by atoms with Crippen LogP contribution >= 0.6 is 0 Å². The Morgan fingerprint density at radius 2 is 1.45 bits per heavy atom. The molecule has 0 aliphatic rings. The van der Waals surface area contributed by atoms with Crippen LogP contribution in [0.25, 0.3) is 0 Å². The Labute approximate surface area is 241 Å². The number of aliphatic carboxylic acids is 1. The van der Waals surface area contributed by atoms with Crippen molar-refractivity contribution in [3.63, 3.8) is 0 Å². The molecule has 0 aliphatic heterocycles. The van der Waals surface area contributed by atoms with Crippen molar-refractivity contribution in [3.8, 4) is 0 Å². The zero-order valence-corrected chi connectivity index (χ0v) is 22.8. The number of carbonyl (C=O) groups is 4. The number of carbonyl (C=O) groups excluding carboxylic acids is 3. The molecule has 0 bridgehead atoms. The van der Waals surface area contributed by atoms with E-state index in [0.29, 0.717) is 5.56 Å². The number of nitro benzene ring substituents is 1. The second kappa shape index (κ2) is 15.5. The molecule has 0 aromatic heterocycles. The van der Waals surface area contributed by atoms with Gasteiger partial charge in [0.2, 0.25) is 5.91 Å². The summed E-state index contributed by atoms with van der Waals surface area (Å²) in [4.78, 5) is 61.5. The number of carboxylic acids is 1. The molecule has 3 aromatic carbocycles. The molecule has 0 radical (unpaired) electrons. The molecule has 3 atom stereocenters. The summed E-state index contributed by atoms with van der Waals surface area (Å²) >= 11 is 0. The monoisotopic (exact) mass is 577 g/mol. The van der Waals surface area contributed by atoms with Gasteiger partial charge in [-0.05, 0) is 23.6 Å². The molecule has 12 nitrogen and oxygen atoms in total. The van der Waals surface area contributed by atoms with Crippen LogP contribution in [0, 0.1) is 10.1 Å². The van der Waals surface area contributed by atoms with Crippen LogP contribution in [0.2, 0.25) is 0 Å². The Balaban J connectivity index is 1.85. The van der Waals surface area contributed by atoms with Crippen LogP contribution in [0.5, 0.6) is 0 Å². The lowest BCUT2D eigenvalue weighted by molar-refractivity contribution is -0.384. The van der Waals surface area contributed by atoms with E-state index in [1.165, 1.54) is 24.3 Å². The van der Waals surface area contributed by atoms with Crippen LogP contribution in [0.3, 0.4) is 0 Å². The average Bonchev–Trinajstić information content (AvgIpc) is 2.98. The summed E-state index contributed by atoms with van der Waals surface area (Å²) < 4.78 is 10.3. The molecule has 0 fully saturated rings. The summed E-state index contributed by atoms with van der Waals surface area (Å²) in [6.45, 7) is 1.59. The number of nitrogens with zero attached hydrogens (tertiary/aromatic N) is 1. The van der Waals surface area contributed by atoms with Crippen LogP contribution in [-0.2, 0) is 36.9 Å². The van der Waals surface area contributed by atoms with Gasteiger partial charge in [0.1, 0.15) is 18.7 Å². The predicted molar refractivity (Wildman–Crippen MR) is 150 cm³/mol. The number of amides is 2. The van der Waals surface area contributed by atoms with Gasteiger partial charge in [-0.2, -0.15) is 0 Å². The first-order chi connectivity index (χ1) is 20.2. The molecule has 3 aromatic rings. The highest BCUT2D eigenvalue weighted by molar-refractivity contribution is 5.90. The SMILES string of the molecule is CCOC(=O)C[C@@H](c1ccc([N+](=O)[O-])cc1)[C@H](NC(=O)[C@@H](Cc1ccccc1)NC(=O)OCc1ccccc1)C(=O)O. The first-order valence-electron chi connectivity index (χ1n) is 13.1. The maximum absolute atomic E-state index is 13.5. The molecule has 0 unspecified atom stereocenters. The lowest BCUT2D eigenvalue weighted by Crippen LogP contribution is -2.54. The topological polar surface area (TPSA) is 174 Å². The standard InChI is InChI=1S/C30H31N3O9/c1-2-41-26(34)18-24(22-13-15-23(16-14-22)33(39)40)27(29(36)37)32-28(35)25(17-20-9-5-3-6-10-20)31-30(38)42-19-21-11-7-4-8-12-21/h3-16,24-25,27H,2,17-19H2,1H3,(H,31,38)(H,32,35)(H,36,37)/t24-,25+,27-/m0/s1. The van der Waals surface area contributed by atoms with Gasteiger partial charge in [-0.3, -0.25) is 19.7 Å². The first-order valence-corrected chi connectivity index (χ1v) is 13.1. The quantitative estimate of drug-likeness (QED) is 0.146. The first kappa shape index (κ1) is 31.3. The van der Waals surface area contributed by atoms with E-state index in [-0.39, 0.29) is 30.9 Å². The van der Waals surface area contributed by atoms with Crippen molar-refractivity contribution in [1.82, 2.24) is 10.6 Å². The highest BCUT2D eigenvalue weighted by Gasteiger charge is 2.35. The normalized spacial score (nSPS) is 12.7. The fourth-order valence-corrected chi connectivity index (χ4v) is 4.23. The Hall–Kier alpha value is -5.26. The number of esters is 1. The van der Waals surface area contributed by atoms with Gasteiger partial charge >= 0.3 is 18.0 Å². The predicted octanol–water partition coefficient (Wildman–Crippen LogP) is 3.74. The van der Waals surface area contributed by atoms with Gasteiger partial charge in [0.05, 0.1) is 18.0 Å². The Bertz CT molecular complexity index is 1370. The van der Waals surface area contributed by atoms with E-state index in [4.69, 9.17) is 9.47 Å². The number of hydrogen-bond acceptors (Lipinski definition) is 8. The number of non-ortho nitro benzene ring substituents is 1. The summed E-state index contributed by atoms with van der Waals surface area (Å²) in [5.74, 6) is -4.15. The molecule has 12 heteroatoms. The lowest BCUT2D eigenvalue weighted by atomic mass is 9.88. The fourth-order valence-electron chi connectivity index (χ4n) is 4.23. The molecule has 0 heterocycles. The van der Waals surface area contributed by atoms with Crippen LogP contribution in [0.4, 0.5) is 10.5 Å². The van der Waals surface area contributed by atoms with E-state index in [9.17, 15) is 34.4 Å². The molecule has 0 saturated carbocycles. The second-order valence-corrected chi connectivity index (χ2v) is 9.24. The van der Waals surface area contributed by atoms with Crippen LogP contribution in [0.1, 0.15) is 36.0 Å². The molecule has 0 saturated heterocycles. The van der Waals surface area contributed by atoms with Crippen molar-refractivity contribution in [3.05, 3.63) is 112 Å². The number of nitrogens with one attached hydrogen (secondary N) is 2. The van der Waals surface area contributed by atoms with Gasteiger partial charge in [-0.25, -0.2) is 9.59 Å². The van der Waals surface area contributed by atoms with Crippen molar-refractivity contribution < 1.29 is 38.7 Å². The van der Waals surface area contributed by atoms with E-state index in [2.05, 4.69) is 10.6 Å². The summed E-state index contributed by atoms with van der Waals surface area (Å²) in [5, 5.41) is 26.2. The minimum atomic E-state index is -1.65. The minimum absolute atomic E-state index is 0.0134. The van der Waals surface area contributed by atoms with Gasteiger partial charge in [-0.15, -0.1) is 0 Å². The van der Waals surface area contributed by atoms with E-state index >= 15 is 0 Å². The molecule has 220 valence electrons. The third-order valence-corrected chi connectivity index (χ3v) is 6.29. The number of ether oxygens (including phenoxy) is 2. The minimum Gasteiger partial charge on any atom is -0.480 e. The number of alkyl carbamates (subject to hydrolysis) is 1. The van der Waals surface area contributed by atoms with Gasteiger partial charge in [0, 0.05) is 24.5 Å². The Morgan fingerprint density at radius 1 is 0.857 bits per heavy atom. The van der Waals surface area contributed by atoms with E-state index < -0.39 is 53.3 Å². The Kier molecular flexibility index (Phi) is 11.5. The zero-order valence-electron chi connectivity index (χ0n) is 22.8. The summed E-state index contributed by atoms with van der Waals surface area (Å²) in [7, 11) is 0. The third kappa shape index (κ3) is 9.44. The average molecular weight is 578 g/mol. The van der Waals surface area contributed by atoms with Crippen LogP contribution < -0.4 is 10.6 Å². The van der Waals surface area contributed by atoms with Crippen molar-refractivity contribution in [2.45, 2.75) is 44.4 Å². The number of rotatable bonds is 14. The largest absolute Gasteiger partial charge is 0.480 e. The molecular weight excluding hydrogens is 546 g/mol. The molecule has 0 spiro atoms. The second-order valence-electron chi connectivity index (χ2n) is 9.24. The molecule has 3 N–H and O–H groups in total. The highest BCUT2D eigenvalue weighted by atomic mass is 16.6. The number of nitro groups is 1. The summed E-state index contributed by atoms with van der Waals surface area (Å²) in [6, 6.07) is 19.8. The van der Waals surface area contributed by atoms with Crippen molar-refractivity contribution in [1.29, 1.82) is 0 Å². The third-order valence-electron chi connectivity index (χ3n) is 6.29. The molecule has 0 aliphatic carbocycles. The highest BCUT2D eigenvalue weighted by Crippen LogP contribution is 2.27. The molecule has 2 amide bonds.